The first-order chi connectivity index (χ1) is 10.0. The van der Waals surface area contributed by atoms with Crippen molar-refractivity contribution in [2.24, 2.45) is 5.92 Å². The van der Waals surface area contributed by atoms with Crippen LogP contribution < -0.4 is 0 Å². The van der Waals surface area contributed by atoms with Crippen molar-refractivity contribution in [1.82, 2.24) is 4.98 Å². The van der Waals surface area contributed by atoms with E-state index < -0.39 is 0 Å². The average molecular weight is 344 g/mol. The molecule has 1 aromatic heterocycles. The van der Waals surface area contributed by atoms with Crippen LogP contribution in [0.4, 0.5) is 0 Å². The highest BCUT2D eigenvalue weighted by Gasteiger charge is 2.37. The summed E-state index contributed by atoms with van der Waals surface area (Å²) in [6, 6.07) is 16.3. The minimum absolute atomic E-state index is 0.250. The summed E-state index contributed by atoms with van der Waals surface area (Å²) in [5, 5.41) is 0. The zero-order valence-corrected chi connectivity index (χ0v) is 14.0. The highest BCUT2D eigenvalue weighted by molar-refractivity contribution is 9.10. The maximum atomic E-state index is 6.06. The number of nitrogens with zero attached hydrogens (tertiary/aromatic N) is 1. The molecule has 0 radical (unpaired) electrons. The van der Waals surface area contributed by atoms with Crippen LogP contribution in [0.15, 0.2) is 57.4 Å². The monoisotopic (exact) mass is 343 g/mol. The molecular formula is C18H18BrNO. The van der Waals surface area contributed by atoms with Gasteiger partial charge in [0.1, 0.15) is 5.52 Å². The highest BCUT2D eigenvalue weighted by Crippen LogP contribution is 2.39. The van der Waals surface area contributed by atoms with Crippen LogP contribution in [-0.2, 0) is 5.41 Å². The number of para-hydroxylation sites is 2. The van der Waals surface area contributed by atoms with Crippen molar-refractivity contribution in [1.29, 1.82) is 0 Å². The molecule has 3 heteroatoms. The number of rotatable bonds is 3. The second-order valence-corrected chi connectivity index (χ2v) is 6.77. The van der Waals surface area contributed by atoms with Crippen LogP contribution in [0.3, 0.4) is 0 Å². The summed E-state index contributed by atoms with van der Waals surface area (Å²) in [6.45, 7) is 6.61. The summed E-state index contributed by atoms with van der Waals surface area (Å²) >= 11 is 3.49. The van der Waals surface area contributed by atoms with Crippen LogP contribution in [0.5, 0.6) is 0 Å². The molecule has 2 aromatic carbocycles. The van der Waals surface area contributed by atoms with E-state index in [1.165, 1.54) is 5.56 Å². The number of hydrogen-bond donors (Lipinski definition) is 0. The molecule has 0 saturated heterocycles. The van der Waals surface area contributed by atoms with Crippen molar-refractivity contribution < 1.29 is 4.42 Å². The molecule has 0 N–H and O–H groups in total. The number of fused-ring (bicyclic) bond motifs is 1. The lowest BCUT2D eigenvalue weighted by Crippen LogP contribution is -2.30. The fourth-order valence-electron chi connectivity index (χ4n) is 2.59. The van der Waals surface area contributed by atoms with Crippen LogP contribution in [0, 0.1) is 5.92 Å². The predicted molar refractivity (Wildman–Crippen MR) is 89.4 cm³/mol. The van der Waals surface area contributed by atoms with E-state index in [-0.39, 0.29) is 5.41 Å². The van der Waals surface area contributed by atoms with Gasteiger partial charge >= 0.3 is 0 Å². The Balaban J connectivity index is 2.18. The van der Waals surface area contributed by atoms with Crippen molar-refractivity contribution in [2.75, 3.05) is 0 Å². The highest BCUT2D eigenvalue weighted by atomic mass is 79.9. The molecule has 1 heterocycles. The molecule has 0 bridgehead atoms. The molecule has 0 aliphatic carbocycles. The molecule has 3 aromatic rings. The van der Waals surface area contributed by atoms with Gasteiger partial charge in [0.05, 0.1) is 5.41 Å². The van der Waals surface area contributed by atoms with Crippen LogP contribution in [-0.4, -0.2) is 4.98 Å². The van der Waals surface area contributed by atoms with Gasteiger partial charge in [-0.2, -0.15) is 0 Å². The van der Waals surface area contributed by atoms with Crippen molar-refractivity contribution in [3.63, 3.8) is 0 Å². The quantitative estimate of drug-likeness (QED) is 0.622. The van der Waals surface area contributed by atoms with Gasteiger partial charge in [0.15, 0.2) is 5.58 Å². The van der Waals surface area contributed by atoms with Crippen molar-refractivity contribution in [2.45, 2.75) is 26.2 Å². The Hall–Kier alpha value is -1.61. The van der Waals surface area contributed by atoms with E-state index in [4.69, 9.17) is 9.40 Å². The molecule has 2 nitrogen and oxygen atoms in total. The lowest BCUT2D eigenvalue weighted by atomic mass is 9.73. The Morgan fingerprint density at radius 2 is 1.71 bits per heavy atom. The largest absolute Gasteiger partial charge is 0.440 e. The summed E-state index contributed by atoms with van der Waals surface area (Å²) in [7, 11) is 0. The molecule has 0 aliphatic rings. The average Bonchev–Trinajstić information content (AvgIpc) is 2.91. The van der Waals surface area contributed by atoms with E-state index in [0.29, 0.717) is 5.92 Å². The van der Waals surface area contributed by atoms with E-state index in [9.17, 15) is 0 Å². The number of benzene rings is 2. The van der Waals surface area contributed by atoms with Crippen molar-refractivity contribution >= 4 is 27.0 Å². The number of aromatic nitrogens is 1. The molecular weight excluding hydrogens is 326 g/mol. The van der Waals surface area contributed by atoms with E-state index in [1.54, 1.807) is 0 Å². The first kappa shape index (κ1) is 14.3. The number of oxazole rings is 1. The first-order valence-electron chi connectivity index (χ1n) is 7.14. The Labute approximate surface area is 133 Å². The van der Waals surface area contributed by atoms with Crippen molar-refractivity contribution in [3.8, 4) is 0 Å². The standard InChI is InChI=1S/C18H18BrNO/c1-12(2)18(3,13-8-10-14(19)11-9-13)17-20-15-6-4-5-7-16(15)21-17/h4-12H,1-3H3. The van der Waals surface area contributed by atoms with Gasteiger partial charge < -0.3 is 4.42 Å². The minimum Gasteiger partial charge on any atom is -0.440 e. The van der Waals surface area contributed by atoms with Crippen molar-refractivity contribution in [3.05, 3.63) is 64.5 Å². The third-order valence-electron chi connectivity index (χ3n) is 4.34. The van der Waals surface area contributed by atoms with Gasteiger partial charge in [0.25, 0.3) is 0 Å². The molecule has 3 rings (SSSR count). The van der Waals surface area contributed by atoms with Gasteiger partial charge in [-0.25, -0.2) is 4.98 Å². The van der Waals surface area contributed by atoms with E-state index in [2.05, 4.69) is 61.0 Å². The molecule has 1 atom stereocenters. The van der Waals surface area contributed by atoms with E-state index >= 15 is 0 Å². The Morgan fingerprint density at radius 1 is 1.05 bits per heavy atom. The maximum Gasteiger partial charge on any atom is 0.206 e. The number of halogens is 1. The van der Waals surface area contributed by atoms with Gasteiger partial charge in [-0.1, -0.05) is 54.0 Å². The van der Waals surface area contributed by atoms with Crippen LogP contribution >= 0.6 is 15.9 Å². The maximum absolute atomic E-state index is 6.06. The lowest BCUT2D eigenvalue weighted by molar-refractivity contribution is 0.322. The second kappa shape index (κ2) is 5.30. The first-order valence-corrected chi connectivity index (χ1v) is 7.93. The molecule has 1 unspecified atom stereocenters. The Morgan fingerprint density at radius 3 is 2.33 bits per heavy atom. The third kappa shape index (κ3) is 2.40. The minimum atomic E-state index is -0.250. The fourth-order valence-corrected chi connectivity index (χ4v) is 2.86. The lowest BCUT2D eigenvalue weighted by Gasteiger charge is -2.31. The summed E-state index contributed by atoms with van der Waals surface area (Å²) < 4.78 is 7.13. The molecule has 0 amide bonds. The number of hydrogen-bond acceptors (Lipinski definition) is 2. The van der Waals surface area contributed by atoms with Crippen LogP contribution in [0.1, 0.15) is 32.2 Å². The summed E-state index contributed by atoms with van der Waals surface area (Å²) in [6.07, 6.45) is 0. The fraction of sp³-hybridized carbons (Fsp3) is 0.278. The SMILES string of the molecule is CC(C)C(C)(c1ccc(Br)cc1)c1nc2ccccc2o1. The molecule has 21 heavy (non-hydrogen) atoms. The van der Waals surface area contributed by atoms with Gasteiger partial charge in [0, 0.05) is 4.47 Å². The second-order valence-electron chi connectivity index (χ2n) is 5.85. The zero-order chi connectivity index (χ0) is 15.0. The van der Waals surface area contributed by atoms with E-state index in [0.717, 1.165) is 21.5 Å². The molecule has 108 valence electrons. The van der Waals surface area contributed by atoms with Gasteiger partial charge in [-0.15, -0.1) is 0 Å². The predicted octanol–water partition coefficient (Wildman–Crippen LogP) is 5.55. The topological polar surface area (TPSA) is 26.0 Å². The molecule has 0 fully saturated rings. The Kier molecular flexibility index (Phi) is 3.62. The third-order valence-corrected chi connectivity index (χ3v) is 4.87. The van der Waals surface area contributed by atoms with Crippen LogP contribution in [0.25, 0.3) is 11.1 Å². The summed E-state index contributed by atoms with van der Waals surface area (Å²) in [4.78, 5) is 4.73. The van der Waals surface area contributed by atoms with Gasteiger partial charge in [-0.3, -0.25) is 0 Å². The normalized spacial score (nSPS) is 14.5. The zero-order valence-electron chi connectivity index (χ0n) is 12.4. The molecule has 0 saturated carbocycles. The summed E-state index contributed by atoms with van der Waals surface area (Å²) in [5.41, 5.74) is 2.72. The van der Waals surface area contributed by atoms with Gasteiger partial charge in [0.2, 0.25) is 5.89 Å². The van der Waals surface area contributed by atoms with Gasteiger partial charge in [-0.05, 0) is 42.7 Å². The van der Waals surface area contributed by atoms with Crippen LogP contribution in [0.2, 0.25) is 0 Å². The summed E-state index contributed by atoms with van der Waals surface area (Å²) in [5.74, 6) is 1.15. The molecule has 0 spiro atoms. The van der Waals surface area contributed by atoms with E-state index in [1.807, 2.05) is 24.3 Å². The smallest absolute Gasteiger partial charge is 0.206 e. The molecule has 0 aliphatic heterocycles. The Bertz CT molecular complexity index is 727.